The van der Waals surface area contributed by atoms with Gasteiger partial charge in [-0.2, -0.15) is 0 Å². The summed E-state index contributed by atoms with van der Waals surface area (Å²) < 4.78 is 13.1. The largest absolute Gasteiger partial charge is 0.307 e. The van der Waals surface area contributed by atoms with Gasteiger partial charge in [-0.25, -0.2) is 4.39 Å². The van der Waals surface area contributed by atoms with Crippen LogP contribution in [0.25, 0.3) is 0 Å². The molecule has 1 nitrogen and oxygen atoms in total. The molecule has 0 saturated carbocycles. The Morgan fingerprint density at radius 2 is 2.13 bits per heavy atom. The molecule has 0 spiro atoms. The first-order chi connectivity index (χ1) is 7.16. The third-order valence-corrected chi connectivity index (χ3v) is 3.20. The van der Waals surface area contributed by atoms with Crippen LogP contribution in [-0.2, 0) is 0 Å². The van der Waals surface area contributed by atoms with E-state index in [1.165, 1.54) is 18.4 Å². The molecule has 1 heterocycles. The second kappa shape index (κ2) is 4.31. The fourth-order valence-electron chi connectivity index (χ4n) is 2.29. The zero-order valence-corrected chi connectivity index (χ0v) is 9.39. The highest BCUT2D eigenvalue weighted by molar-refractivity contribution is 5.26. The van der Waals surface area contributed by atoms with Gasteiger partial charge in [-0.05, 0) is 43.9 Å². The maximum atomic E-state index is 13.1. The predicted octanol–water partition coefficient (Wildman–Crippen LogP) is 3.34. The smallest absolute Gasteiger partial charge is 0.126 e. The van der Waals surface area contributed by atoms with Crippen molar-refractivity contribution in [2.24, 2.45) is 0 Å². The number of hydrogen-bond acceptors (Lipinski definition) is 1. The average Bonchev–Trinajstić information content (AvgIpc) is 2.22. The Morgan fingerprint density at radius 3 is 2.80 bits per heavy atom. The lowest BCUT2D eigenvalue weighted by molar-refractivity contribution is 0.341. The highest BCUT2D eigenvalue weighted by Gasteiger charge is 2.19. The van der Waals surface area contributed by atoms with Crippen molar-refractivity contribution < 1.29 is 4.39 Å². The van der Waals surface area contributed by atoms with E-state index >= 15 is 0 Å². The van der Waals surface area contributed by atoms with Crippen molar-refractivity contribution in [3.8, 4) is 0 Å². The third-order valence-electron chi connectivity index (χ3n) is 3.20. The Hall–Kier alpha value is -0.890. The van der Waals surface area contributed by atoms with Crippen molar-refractivity contribution >= 4 is 0 Å². The van der Waals surface area contributed by atoms with E-state index in [4.69, 9.17) is 0 Å². The van der Waals surface area contributed by atoms with Crippen LogP contribution in [0.2, 0.25) is 0 Å². The molecule has 1 aromatic carbocycles. The molecule has 82 valence electrons. The van der Waals surface area contributed by atoms with E-state index in [0.29, 0.717) is 12.1 Å². The summed E-state index contributed by atoms with van der Waals surface area (Å²) >= 11 is 0. The molecule has 2 heteroatoms. The molecule has 0 aliphatic carbocycles. The Labute approximate surface area is 90.7 Å². The van der Waals surface area contributed by atoms with Crippen LogP contribution < -0.4 is 5.32 Å². The second-order valence-corrected chi connectivity index (χ2v) is 4.56. The fraction of sp³-hybridized carbons (Fsp3) is 0.538. The van der Waals surface area contributed by atoms with Crippen molar-refractivity contribution in [2.75, 3.05) is 0 Å². The predicted molar refractivity (Wildman–Crippen MR) is 60.3 cm³/mol. The molecule has 2 unspecified atom stereocenters. The molecule has 0 amide bonds. The van der Waals surface area contributed by atoms with Gasteiger partial charge in [0.15, 0.2) is 0 Å². The Balaban J connectivity index is 2.18. The van der Waals surface area contributed by atoms with Gasteiger partial charge >= 0.3 is 0 Å². The number of hydrogen-bond donors (Lipinski definition) is 1. The lowest BCUT2D eigenvalue weighted by atomic mass is 9.93. The first kappa shape index (κ1) is 10.6. The Kier molecular flexibility index (Phi) is 3.06. The van der Waals surface area contributed by atoms with Crippen LogP contribution in [0.15, 0.2) is 18.2 Å². The SMILES string of the molecule is Cc1cc(C2CCCC(C)N2)ccc1F. The van der Waals surface area contributed by atoms with Crippen LogP contribution in [0, 0.1) is 12.7 Å². The molecule has 1 N–H and O–H groups in total. The number of benzene rings is 1. The van der Waals surface area contributed by atoms with Gasteiger partial charge in [0.05, 0.1) is 0 Å². The molecule has 0 aromatic heterocycles. The number of nitrogens with one attached hydrogen (secondary N) is 1. The van der Waals surface area contributed by atoms with Crippen molar-refractivity contribution in [3.63, 3.8) is 0 Å². The van der Waals surface area contributed by atoms with Gasteiger partial charge in [-0.3, -0.25) is 0 Å². The average molecular weight is 207 g/mol. The minimum absolute atomic E-state index is 0.109. The summed E-state index contributed by atoms with van der Waals surface area (Å²) in [6, 6.07) is 6.43. The summed E-state index contributed by atoms with van der Waals surface area (Å²) in [4.78, 5) is 0. The monoisotopic (exact) mass is 207 g/mol. The number of rotatable bonds is 1. The van der Waals surface area contributed by atoms with Gasteiger partial charge in [-0.15, -0.1) is 0 Å². The van der Waals surface area contributed by atoms with Crippen LogP contribution in [0.3, 0.4) is 0 Å². The van der Waals surface area contributed by atoms with E-state index in [2.05, 4.69) is 12.2 Å². The van der Waals surface area contributed by atoms with E-state index in [0.717, 1.165) is 12.0 Å². The van der Waals surface area contributed by atoms with Crippen molar-refractivity contribution in [3.05, 3.63) is 35.1 Å². The van der Waals surface area contributed by atoms with Crippen molar-refractivity contribution in [1.29, 1.82) is 0 Å². The van der Waals surface area contributed by atoms with Gasteiger partial charge in [-0.1, -0.05) is 18.6 Å². The van der Waals surface area contributed by atoms with E-state index in [1.807, 2.05) is 19.1 Å². The minimum Gasteiger partial charge on any atom is -0.307 e. The van der Waals surface area contributed by atoms with Crippen LogP contribution in [0.1, 0.15) is 43.4 Å². The molecule has 2 rings (SSSR count). The lowest BCUT2D eigenvalue weighted by Crippen LogP contribution is -2.34. The van der Waals surface area contributed by atoms with Crippen LogP contribution >= 0.6 is 0 Å². The van der Waals surface area contributed by atoms with Crippen molar-refractivity contribution in [2.45, 2.75) is 45.2 Å². The quantitative estimate of drug-likeness (QED) is 0.744. The molecule has 0 bridgehead atoms. The molecular formula is C13H18FN. The number of halogens is 1. The first-order valence-corrected chi connectivity index (χ1v) is 5.69. The molecule has 0 radical (unpaired) electrons. The molecule has 1 aliphatic heterocycles. The summed E-state index contributed by atoms with van der Waals surface area (Å²) in [5.41, 5.74) is 1.97. The number of piperidine rings is 1. The second-order valence-electron chi connectivity index (χ2n) is 4.56. The Bertz CT molecular complexity index is 348. The lowest BCUT2D eigenvalue weighted by Gasteiger charge is -2.29. The van der Waals surface area contributed by atoms with Crippen LogP contribution in [0.5, 0.6) is 0 Å². The van der Waals surface area contributed by atoms with Crippen molar-refractivity contribution in [1.82, 2.24) is 5.32 Å². The molecule has 15 heavy (non-hydrogen) atoms. The summed E-state index contributed by atoms with van der Waals surface area (Å²) in [5.74, 6) is -0.109. The van der Waals surface area contributed by atoms with E-state index in [-0.39, 0.29) is 5.82 Å². The summed E-state index contributed by atoms with van der Waals surface area (Å²) in [5, 5.41) is 3.56. The molecule has 1 fully saturated rings. The van der Waals surface area contributed by atoms with Crippen LogP contribution in [0.4, 0.5) is 4.39 Å². The molecule has 1 aliphatic rings. The summed E-state index contributed by atoms with van der Waals surface area (Å²) in [7, 11) is 0. The van der Waals surface area contributed by atoms with Gasteiger partial charge in [0, 0.05) is 12.1 Å². The zero-order valence-electron chi connectivity index (χ0n) is 9.39. The highest BCUT2D eigenvalue weighted by Crippen LogP contribution is 2.26. The maximum Gasteiger partial charge on any atom is 0.126 e. The first-order valence-electron chi connectivity index (χ1n) is 5.69. The minimum atomic E-state index is -0.109. The van der Waals surface area contributed by atoms with Gasteiger partial charge in [0.1, 0.15) is 5.82 Å². The zero-order chi connectivity index (χ0) is 10.8. The van der Waals surface area contributed by atoms with E-state index < -0.39 is 0 Å². The number of aryl methyl sites for hydroxylation is 1. The summed E-state index contributed by atoms with van der Waals surface area (Å²) in [6.45, 7) is 4.04. The molecule has 1 aromatic rings. The molecule has 1 saturated heterocycles. The fourth-order valence-corrected chi connectivity index (χ4v) is 2.29. The highest BCUT2D eigenvalue weighted by atomic mass is 19.1. The summed E-state index contributed by atoms with van der Waals surface area (Å²) in [6.07, 6.45) is 3.67. The normalized spacial score (nSPS) is 26.6. The molecular weight excluding hydrogens is 189 g/mol. The van der Waals surface area contributed by atoms with Gasteiger partial charge < -0.3 is 5.32 Å². The topological polar surface area (TPSA) is 12.0 Å². The standard InChI is InChI=1S/C13H18FN/c1-9-8-11(6-7-12(9)14)13-5-3-4-10(2)15-13/h6-8,10,13,15H,3-5H2,1-2H3. The Morgan fingerprint density at radius 1 is 1.33 bits per heavy atom. The van der Waals surface area contributed by atoms with E-state index in [1.54, 1.807) is 6.07 Å². The molecule has 2 atom stereocenters. The van der Waals surface area contributed by atoms with E-state index in [9.17, 15) is 4.39 Å². The van der Waals surface area contributed by atoms with Crippen LogP contribution in [-0.4, -0.2) is 6.04 Å². The van der Waals surface area contributed by atoms with Gasteiger partial charge in [0.25, 0.3) is 0 Å². The van der Waals surface area contributed by atoms with Gasteiger partial charge in [0.2, 0.25) is 0 Å². The third kappa shape index (κ3) is 2.37. The maximum absolute atomic E-state index is 13.1.